The van der Waals surface area contributed by atoms with Gasteiger partial charge in [0.25, 0.3) is 5.91 Å². The lowest BCUT2D eigenvalue weighted by atomic mass is 9.97. The second-order valence-corrected chi connectivity index (χ2v) is 11.4. The van der Waals surface area contributed by atoms with E-state index >= 15 is 0 Å². The van der Waals surface area contributed by atoms with Gasteiger partial charge >= 0.3 is 6.09 Å². The average molecular weight is 652 g/mol. The lowest BCUT2D eigenvalue weighted by Crippen LogP contribution is -2.34. The molecule has 0 aliphatic carbocycles. The van der Waals surface area contributed by atoms with Crippen LogP contribution in [0.4, 0.5) is 16.3 Å². The molecule has 0 saturated heterocycles. The third-order valence-electron chi connectivity index (χ3n) is 6.67. The minimum atomic E-state index is -0.655. The van der Waals surface area contributed by atoms with E-state index in [9.17, 15) is 19.6 Å². The van der Waals surface area contributed by atoms with Crippen LogP contribution in [-0.2, 0) is 14.3 Å². The van der Waals surface area contributed by atoms with Crippen molar-refractivity contribution >= 4 is 29.4 Å². The minimum absolute atomic E-state index is 0.00368. The van der Waals surface area contributed by atoms with Crippen LogP contribution in [0.5, 0.6) is 11.5 Å². The number of benzene rings is 3. The standard InChI is InChI=1S/C36H37N5O7/c1-36(2,3)48-35(44)38-17-16-32(42)39-25-13-9-12-24(18-25)28-20-30(27-15-14-26(46-5)19-31(27)47-22-45-4)40-33(29(28)21-37)41-34(43)23-10-7-6-8-11-23/h6-15,18-20H,16-17,22H2,1-5H3,(H,38,44)(H,39,42)(H,40,41,43). The summed E-state index contributed by atoms with van der Waals surface area (Å²) in [5, 5.41) is 18.5. The largest absolute Gasteiger partial charge is 0.497 e. The van der Waals surface area contributed by atoms with Crippen molar-refractivity contribution in [2.45, 2.75) is 32.8 Å². The Kier molecular flexibility index (Phi) is 11.7. The van der Waals surface area contributed by atoms with Gasteiger partial charge in [0, 0.05) is 48.5 Å². The van der Waals surface area contributed by atoms with Crippen LogP contribution in [0.3, 0.4) is 0 Å². The van der Waals surface area contributed by atoms with Crippen LogP contribution in [0, 0.1) is 11.3 Å². The lowest BCUT2D eigenvalue weighted by molar-refractivity contribution is -0.116. The topological polar surface area (TPSA) is 161 Å². The van der Waals surface area contributed by atoms with Gasteiger partial charge in [0.2, 0.25) is 5.91 Å². The highest BCUT2D eigenvalue weighted by Gasteiger charge is 2.21. The van der Waals surface area contributed by atoms with Crippen molar-refractivity contribution in [2.24, 2.45) is 0 Å². The van der Waals surface area contributed by atoms with Crippen LogP contribution < -0.4 is 25.4 Å². The van der Waals surface area contributed by atoms with Crippen molar-refractivity contribution < 1.29 is 33.3 Å². The maximum Gasteiger partial charge on any atom is 0.407 e. The molecule has 4 aromatic rings. The number of hydrogen-bond donors (Lipinski definition) is 3. The number of hydrogen-bond acceptors (Lipinski definition) is 9. The number of nitrogens with zero attached hydrogens (tertiary/aromatic N) is 2. The third kappa shape index (κ3) is 9.54. The number of carbonyl (C=O) groups excluding carboxylic acids is 3. The summed E-state index contributed by atoms with van der Waals surface area (Å²) in [6.45, 7) is 5.28. The monoisotopic (exact) mass is 651 g/mol. The number of carbonyl (C=O) groups is 3. The molecule has 0 aliphatic heterocycles. The number of nitriles is 1. The van der Waals surface area contributed by atoms with Gasteiger partial charge in [0.15, 0.2) is 12.6 Å². The highest BCUT2D eigenvalue weighted by Crippen LogP contribution is 2.38. The van der Waals surface area contributed by atoms with Crippen molar-refractivity contribution in [2.75, 3.05) is 38.2 Å². The zero-order valence-corrected chi connectivity index (χ0v) is 27.4. The molecule has 0 atom stereocenters. The Morgan fingerprint density at radius 2 is 1.67 bits per heavy atom. The molecule has 248 valence electrons. The van der Waals surface area contributed by atoms with Crippen LogP contribution in [0.15, 0.2) is 78.9 Å². The summed E-state index contributed by atoms with van der Waals surface area (Å²) in [4.78, 5) is 42.6. The summed E-state index contributed by atoms with van der Waals surface area (Å²) in [5.41, 5.74) is 2.26. The first-order valence-corrected chi connectivity index (χ1v) is 15.0. The molecule has 0 fully saturated rings. The normalized spacial score (nSPS) is 10.8. The Morgan fingerprint density at radius 1 is 0.896 bits per heavy atom. The predicted octanol–water partition coefficient (Wildman–Crippen LogP) is 6.38. The Balaban J connectivity index is 1.71. The Hall–Kier alpha value is -5.93. The number of alkyl carbamates (subject to hydrolysis) is 1. The molecule has 0 bridgehead atoms. The summed E-state index contributed by atoms with van der Waals surface area (Å²) in [6, 6.07) is 24.6. The SMILES string of the molecule is COCOc1cc(OC)ccc1-c1cc(-c2cccc(NC(=O)CCNC(=O)OC(C)(C)C)c2)c(C#N)c(NC(=O)c2ccccc2)n1. The van der Waals surface area contributed by atoms with Gasteiger partial charge in [-0.1, -0.05) is 30.3 Å². The molecule has 0 radical (unpaired) electrons. The molecule has 0 saturated carbocycles. The zero-order chi connectivity index (χ0) is 34.7. The molecule has 1 aromatic heterocycles. The molecular weight excluding hydrogens is 614 g/mol. The minimum Gasteiger partial charge on any atom is -0.497 e. The number of methoxy groups -OCH3 is 2. The van der Waals surface area contributed by atoms with Gasteiger partial charge < -0.3 is 34.9 Å². The molecule has 48 heavy (non-hydrogen) atoms. The first kappa shape index (κ1) is 34.9. The van der Waals surface area contributed by atoms with Crippen LogP contribution in [0.2, 0.25) is 0 Å². The van der Waals surface area contributed by atoms with Crippen LogP contribution >= 0.6 is 0 Å². The highest BCUT2D eigenvalue weighted by molar-refractivity contribution is 6.05. The van der Waals surface area contributed by atoms with E-state index in [-0.39, 0.29) is 37.0 Å². The number of aromatic nitrogens is 1. The average Bonchev–Trinajstić information content (AvgIpc) is 3.06. The number of pyridine rings is 1. The molecule has 12 heteroatoms. The predicted molar refractivity (Wildman–Crippen MR) is 181 cm³/mol. The maximum absolute atomic E-state index is 13.2. The summed E-state index contributed by atoms with van der Waals surface area (Å²) < 4.78 is 21.5. The summed E-state index contributed by atoms with van der Waals surface area (Å²) in [5.74, 6) is 0.194. The van der Waals surface area contributed by atoms with Gasteiger partial charge in [-0.25, -0.2) is 9.78 Å². The van der Waals surface area contributed by atoms with E-state index in [1.807, 2.05) is 0 Å². The molecule has 4 rings (SSSR count). The summed E-state index contributed by atoms with van der Waals surface area (Å²) in [6.07, 6.45) is -0.610. The molecule has 0 unspecified atom stereocenters. The van der Waals surface area contributed by atoms with Crippen LogP contribution in [0.1, 0.15) is 43.1 Å². The molecule has 3 N–H and O–H groups in total. The van der Waals surface area contributed by atoms with Gasteiger partial charge in [-0.2, -0.15) is 5.26 Å². The fourth-order valence-corrected chi connectivity index (χ4v) is 4.55. The van der Waals surface area contributed by atoms with Gasteiger partial charge in [-0.15, -0.1) is 0 Å². The third-order valence-corrected chi connectivity index (χ3v) is 6.67. The van der Waals surface area contributed by atoms with E-state index in [0.717, 1.165) is 0 Å². The molecule has 0 aliphatic rings. The van der Waals surface area contributed by atoms with E-state index in [1.54, 1.807) is 99.6 Å². The molecule has 12 nitrogen and oxygen atoms in total. The van der Waals surface area contributed by atoms with E-state index < -0.39 is 17.6 Å². The smallest absolute Gasteiger partial charge is 0.407 e. The summed E-state index contributed by atoms with van der Waals surface area (Å²) in [7, 11) is 3.03. The van der Waals surface area contributed by atoms with E-state index in [2.05, 4.69) is 22.0 Å². The molecule has 1 heterocycles. The molecule has 3 aromatic carbocycles. The first-order valence-electron chi connectivity index (χ1n) is 15.0. The zero-order valence-electron chi connectivity index (χ0n) is 27.4. The van der Waals surface area contributed by atoms with Crippen molar-refractivity contribution in [1.82, 2.24) is 10.3 Å². The van der Waals surface area contributed by atoms with Gasteiger partial charge in [0.05, 0.1) is 12.8 Å². The molecule has 0 spiro atoms. The fraction of sp³-hybridized carbons (Fsp3) is 0.250. The second kappa shape index (κ2) is 16.1. The second-order valence-electron chi connectivity index (χ2n) is 11.4. The Bertz CT molecular complexity index is 1810. The van der Waals surface area contributed by atoms with Crippen molar-refractivity contribution in [3.8, 4) is 40.0 Å². The number of rotatable bonds is 12. The highest BCUT2D eigenvalue weighted by atomic mass is 16.7. The summed E-state index contributed by atoms with van der Waals surface area (Å²) >= 11 is 0. The van der Waals surface area contributed by atoms with E-state index in [0.29, 0.717) is 45.1 Å². The number of nitrogens with one attached hydrogen (secondary N) is 3. The van der Waals surface area contributed by atoms with Gasteiger partial charge in [0.1, 0.15) is 28.7 Å². The molecular formula is C36H37N5O7. The lowest BCUT2D eigenvalue weighted by Gasteiger charge is -2.19. The number of amides is 3. The van der Waals surface area contributed by atoms with Crippen molar-refractivity contribution in [1.29, 1.82) is 5.26 Å². The van der Waals surface area contributed by atoms with Gasteiger partial charge in [-0.3, -0.25) is 9.59 Å². The van der Waals surface area contributed by atoms with E-state index in [4.69, 9.17) is 23.9 Å². The quantitative estimate of drug-likeness (QED) is 0.148. The van der Waals surface area contributed by atoms with Crippen LogP contribution in [0.25, 0.3) is 22.4 Å². The Morgan fingerprint density at radius 3 is 2.35 bits per heavy atom. The van der Waals surface area contributed by atoms with Gasteiger partial charge in [-0.05, 0) is 68.8 Å². The van der Waals surface area contributed by atoms with Crippen LogP contribution in [-0.4, -0.2) is 56.0 Å². The van der Waals surface area contributed by atoms with E-state index in [1.165, 1.54) is 14.2 Å². The molecule has 3 amide bonds. The van der Waals surface area contributed by atoms with Crippen molar-refractivity contribution in [3.63, 3.8) is 0 Å². The first-order chi connectivity index (χ1) is 23.0. The fourth-order valence-electron chi connectivity index (χ4n) is 4.55. The van der Waals surface area contributed by atoms with Crippen molar-refractivity contribution in [3.05, 3.63) is 90.0 Å². The Labute approximate surface area is 279 Å². The number of anilines is 2. The maximum atomic E-state index is 13.2. The number of ether oxygens (including phenoxy) is 4.